The Kier molecular flexibility index (Phi) is 7.70. The summed E-state index contributed by atoms with van der Waals surface area (Å²) in [6.07, 6.45) is 4.99. The largest absolute Gasteiger partial charge is 0.451 e. The zero-order valence-electron chi connectivity index (χ0n) is 18.8. The van der Waals surface area contributed by atoms with Crippen LogP contribution in [0.25, 0.3) is 5.57 Å². The number of aromatic nitrogens is 3. The van der Waals surface area contributed by atoms with Gasteiger partial charge in [-0.1, -0.05) is 38.0 Å². The molecule has 3 rings (SSSR count). The van der Waals surface area contributed by atoms with Crippen molar-refractivity contribution in [2.45, 2.75) is 51.1 Å². The van der Waals surface area contributed by atoms with E-state index in [0.29, 0.717) is 0 Å². The summed E-state index contributed by atoms with van der Waals surface area (Å²) >= 11 is 0. The number of amides is 1. The van der Waals surface area contributed by atoms with E-state index >= 15 is 0 Å². The molecule has 5 N–H and O–H groups in total. The number of nitrogen functional groups attached to an aromatic ring is 2. The summed E-state index contributed by atoms with van der Waals surface area (Å²) in [5.41, 5.74) is 12.8. The lowest BCUT2D eigenvalue weighted by atomic mass is 9.86. The normalized spacial score (nSPS) is 15.8. The molecule has 7 nitrogen and oxygen atoms in total. The van der Waals surface area contributed by atoms with Crippen molar-refractivity contribution in [2.75, 3.05) is 11.5 Å². The van der Waals surface area contributed by atoms with Crippen LogP contribution in [0.4, 0.5) is 24.7 Å². The molecule has 2 aromatic heterocycles. The highest BCUT2D eigenvalue weighted by molar-refractivity contribution is 5.99. The Bertz CT molecular complexity index is 1130. The maximum Gasteiger partial charge on any atom is 0.451 e. The number of pyridine rings is 1. The van der Waals surface area contributed by atoms with Crippen molar-refractivity contribution in [3.05, 3.63) is 71.6 Å². The van der Waals surface area contributed by atoms with Gasteiger partial charge in [0.05, 0.1) is 11.4 Å². The first-order valence-electron chi connectivity index (χ1n) is 10.9. The number of rotatable bonds is 6. The van der Waals surface area contributed by atoms with E-state index in [0.717, 1.165) is 31.4 Å². The van der Waals surface area contributed by atoms with Gasteiger partial charge in [-0.2, -0.15) is 13.2 Å². The molecule has 0 radical (unpaired) electrons. The van der Waals surface area contributed by atoms with E-state index in [-0.39, 0.29) is 40.1 Å². The lowest BCUT2D eigenvalue weighted by Crippen LogP contribution is -2.26. The Labute approximate surface area is 195 Å². The minimum absolute atomic E-state index is 0.0421. The molecule has 10 heteroatoms. The van der Waals surface area contributed by atoms with Crippen LogP contribution >= 0.6 is 0 Å². The van der Waals surface area contributed by atoms with E-state index < -0.39 is 17.9 Å². The average Bonchev–Trinajstić information content (AvgIpc) is 2.81. The van der Waals surface area contributed by atoms with Crippen molar-refractivity contribution in [3.63, 3.8) is 0 Å². The first kappa shape index (κ1) is 24.9. The molecular weight excluding hydrogens is 445 g/mol. The minimum atomic E-state index is -4.79. The number of hydrogen-bond donors (Lipinski definition) is 3. The molecule has 1 fully saturated rings. The highest BCUT2D eigenvalue weighted by Crippen LogP contribution is 2.32. The summed E-state index contributed by atoms with van der Waals surface area (Å²) < 4.78 is 39.7. The monoisotopic (exact) mass is 472 g/mol. The van der Waals surface area contributed by atoms with Gasteiger partial charge in [0.15, 0.2) is 5.69 Å². The fraction of sp³-hybridized carbons (Fsp3) is 0.333. The Balaban J connectivity index is 2.00. The average molecular weight is 473 g/mol. The van der Waals surface area contributed by atoms with E-state index in [1.807, 2.05) is 6.07 Å². The van der Waals surface area contributed by atoms with E-state index in [1.54, 1.807) is 19.1 Å². The van der Waals surface area contributed by atoms with E-state index in [2.05, 4.69) is 26.8 Å². The topological polar surface area (TPSA) is 120 Å². The van der Waals surface area contributed by atoms with Crippen molar-refractivity contribution in [2.24, 2.45) is 0 Å². The standard InChI is InChI=1S/C24H27F3N6O/c1-3-8-15(19-13-20(29)33-23(32-19)24(25,26)27)17(4-2)31-22(34)21-16(28)11-12-18(30-21)14-9-6-5-7-10-14/h3-4,8,11-14H,2,5-7,9-10,28H2,1H3,(H,31,34)(H2,29,32,33)/b8-3-,17-15-. The molecule has 34 heavy (non-hydrogen) atoms. The summed E-state index contributed by atoms with van der Waals surface area (Å²) in [6.45, 7) is 5.36. The van der Waals surface area contributed by atoms with Crippen molar-refractivity contribution in [1.82, 2.24) is 20.3 Å². The van der Waals surface area contributed by atoms with Crippen LogP contribution in [0, 0.1) is 0 Å². The van der Waals surface area contributed by atoms with Crippen LogP contribution in [0.3, 0.4) is 0 Å². The summed E-state index contributed by atoms with van der Waals surface area (Å²) in [5, 5.41) is 2.66. The molecule has 0 saturated heterocycles. The van der Waals surface area contributed by atoms with Crippen molar-refractivity contribution in [1.29, 1.82) is 0 Å². The zero-order chi connectivity index (χ0) is 24.9. The summed E-state index contributed by atoms with van der Waals surface area (Å²) in [7, 11) is 0. The van der Waals surface area contributed by atoms with Crippen LogP contribution in [0.15, 0.2) is 48.7 Å². The molecule has 0 aliphatic heterocycles. The summed E-state index contributed by atoms with van der Waals surface area (Å²) in [5.74, 6) is -2.09. The maximum absolute atomic E-state index is 13.2. The number of nitrogens with zero attached hydrogens (tertiary/aromatic N) is 3. The Hall–Kier alpha value is -3.69. The number of alkyl halides is 3. The molecule has 180 valence electrons. The number of nitrogens with one attached hydrogen (secondary N) is 1. The quantitative estimate of drug-likeness (QED) is 0.509. The minimum Gasteiger partial charge on any atom is -0.397 e. The number of anilines is 2. The third kappa shape index (κ3) is 5.81. The maximum atomic E-state index is 13.2. The van der Waals surface area contributed by atoms with Crippen molar-refractivity contribution >= 4 is 23.0 Å². The van der Waals surface area contributed by atoms with Gasteiger partial charge in [-0.05, 0) is 38.0 Å². The summed E-state index contributed by atoms with van der Waals surface area (Å²) in [6, 6.07) is 4.67. The molecule has 1 aliphatic carbocycles. The lowest BCUT2D eigenvalue weighted by Gasteiger charge is -2.21. The molecule has 0 bridgehead atoms. The number of allylic oxidation sites excluding steroid dienone is 4. The van der Waals surface area contributed by atoms with Gasteiger partial charge in [0.25, 0.3) is 5.91 Å². The van der Waals surface area contributed by atoms with Crippen LogP contribution < -0.4 is 16.8 Å². The smallest absolute Gasteiger partial charge is 0.397 e. The van der Waals surface area contributed by atoms with E-state index in [9.17, 15) is 18.0 Å². The third-order valence-electron chi connectivity index (χ3n) is 5.54. The molecule has 1 amide bonds. The lowest BCUT2D eigenvalue weighted by molar-refractivity contribution is -0.144. The first-order valence-corrected chi connectivity index (χ1v) is 10.9. The van der Waals surface area contributed by atoms with E-state index in [4.69, 9.17) is 11.5 Å². The zero-order valence-corrected chi connectivity index (χ0v) is 18.8. The molecule has 2 heterocycles. The second-order valence-electron chi connectivity index (χ2n) is 7.99. The second-order valence-corrected chi connectivity index (χ2v) is 7.99. The highest BCUT2D eigenvalue weighted by atomic mass is 19.4. The van der Waals surface area contributed by atoms with Gasteiger partial charge in [0, 0.05) is 28.9 Å². The SMILES string of the molecule is C=C/C(NC(=O)c1nc(C2CCCCC2)ccc1N)=C(\C=C/C)c1cc(N)nc(C(F)(F)F)n1. The van der Waals surface area contributed by atoms with Gasteiger partial charge in [0.2, 0.25) is 5.82 Å². The van der Waals surface area contributed by atoms with Gasteiger partial charge >= 0.3 is 6.18 Å². The third-order valence-corrected chi connectivity index (χ3v) is 5.54. The highest BCUT2D eigenvalue weighted by Gasteiger charge is 2.35. The Morgan fingerprint density at radius 2 is 1.85 bits per heavy atom. The molecule has 0 unspecified atom stereocenters. The predicted molar refractivity (Wildman–Crippen MR) is 125 cm³/mol. The van der Waals surface area contributed by atoms with Gasteiger partial charge < -0.3 is 16.8 Å². The van der Waals surface area contributed by atoms with Crippen molar-refractivity contribution < 1.29 is 18.0 Å². The van der Waals surface area contributed by atoms with E-state index in [1.165, 1.54) is 24.6 Å². The number of carbonyl (C=O) groups excluding carboxylic acids is 1. The molecule has 1 aliphatic rings. The van der Waals surface area contributed by atoms with Crippen LogP contribution in [-0.2, 0) is 6.18 Å². The van der Waals surface area contributed by atoms with Gasteiger partial charge in [-0.25, -0.2) is 15.0 Å². The van der Waals surface area contributed by atoms with Crippen LogP contribution in [-0.4, -0.2) is 20.9 Å². The van der Waals surface area contributed by atoms with Gasteiger partial charge in [0.1, 0.15) is 5.82 Å². The first-order chi connectivity index (χ1) is 16.1. The molecule has 0 atom stereocenters. The fourth-order valence-electron chi connectivity index (χ4n) is 3.91. The van der Waals surface area contributed by atoms with Crippen LogP contribution in [0.2, 0.25) is 0 Å². The fourth-order valence-corrected chi connectivity index (χ4v) is 3.91. The number of nitrogens with two attached hydrogens (primary N) is 2. The molecular formula is C24H27F3N6O. The van der Waals surface area contributed by atoms with Crippen molar-refractivity contribution in [3.8, 4) is 0 Å². The Morgan fingerprint density at radius 1 is 1.15 bits per heavy atom. The predicted octanol–water partition coefficient (Wildman–Crippen LogP) is 5.01. The summed E-state index contributed by atoms with van der Waals surface area (Å²) in [4.78, 5) is 24.5. The van der Waals surface area contributed by atoms with Gasteiger partial charge in [-0.3, -0.25) is 4.79 Å². The molecule has 2 aromatic rings. The number of hydrogen-bond acceptors (Lipinski definition) is 6. The van der Waals surface area contributed by atoms with Crippen LogP contribution in [0.5, 0.6) is 0 Å². The molecule has 0 spiro atoms. The Morgan fingerprint density at radius 3 is 2.47 bits per heavy atom. The number of carbonyl (C=O) groups is 1. The molecule has 1 saturated carbocycles. The number of halogens is 3. The molecule has 0 aromatic carbocycles. The van der Waals surface area contributed by atoms with Gasteiger partial charge in [-0.15, -0.1) is 0 Å². The van der Waals surface area contributed by atoms with Crippen LogP contribution in [0.1, 0.15) is 72.6 Å². The second kappa shape index (κ2) is 10.5.